The topological polar surface area (TPSA) is 79.5 Å². The number of nitrogens with one attached hydrogen (secondary N) is 1. The molecule has 1 atom stereocenters. The average molecular weight is 267 g/mol. The third kappa shape index (κ3) is 4.12. The van der Waals surface area contributed by atoms with Crippen LogP contribution in [0.5, 0.6) is 0 Å². The van der Waals surface area contributed by atoms with Crippen molar-refractivity contribution in [1.29, 1.82) is 0 Å². The van der Waals surface area contributed by atoms with Gasteiger partial charge < -0.3 is 14.8 Å². The van der Waals surface area contributed by atoms with Crippen LogP contribution >= 0.6 is 0 Å². The molecule has 0 aliphatic carbocycles. The second-order valence-electron chi connectivity index (χ2n) is 4.65. The predicted octanol–water partition coefficient (Wildman–Crippen LogP) is 2.67. The summed E-state index contributed by atoms with van der Waals surface area (Å²) in [6.07, 6.45) is 1.93. The fourth-order valence-corrected chi connectivity index (χ4v) is 2.13. The summed E-state index contributed by atoms with van der Waals surface area (Å²) in [4.78, 5) is 22.6. The fraction of sp³-hybridized carbons (Fsp3) is 0.571. The lowest BCUT2D eigenvalue weighted by Gasteiger charge is -2.20. The van der Waals surface area contributed by atoms with E-state index in [0.29, 0.717) is 11.7 Å². The maximum absolute atomic E-state index is 11.9. The van der Waals surface area contributed by atoms with Gasteiger partial charge in [0.2, 0.25) is 11.7 Å². The van der Waals surface area contributed by atoms with Crippen molar-refractivity contribution >= 4 is 11.9 Å². The van der Waals surface area contributed by atoms with Crippen LogP contribution < -0.4 is 5.32 Å². The van der Waals surface area contributed by atoms with E-state index in [-0.39, 0.29) is 24.1 Å². The molecular weight excluding hydrogens is 246 g/mol. The summed E-state index contributed by atoms with van der Waals surface area (Å²) in [6.45, 7) is 6.28. The minimum atomic E-state index is -1.11. The highest BCUT2D eigenvalue weighted by Gasteiger charge is 2.21. The number of rotatable bonds is 7. The van der Waals surface area contributed by atoms with Crippen LogP contribution in [0.15, 0.2) is 16.5 Å². The van der Waals surface area contributed by atoms with Crippen molar-refractivity contribution in [2.24, 2.45) is 11.8 Å². The van der Waals surface area contributed by atoms with Gasteiger partial charge in [-0.1, -0.05) is 33.6 Å². The molecule has 0 saturated carbocycles. The lowest BCUT2D eigenvalue weighted by atomic mass is 9.89. The molecule has 106 valence electrons. The molecule has 1 heterocycles. The Bertz CT molecular complexity index is 434. The molecule has 1 rings (SSSR count). The van der Waals surface area contributed by atoms with Crippen LogP contribution in [0.1, 0.15) is 49.9 Å². The number of carboxylic acids is 1. The third-order valence-corrected chi connectivity index (χ3v) is 3.48. The first-order valence-electron chi connectivity index (χ1n) is 6.59. The summed E-state index contributed by atoms with van der Waals surface area (Å²) in [6, 6.07) is 2.94. The Morgan fingerprint density at radius 1 is 1.32 bits per heavy atom. The Hall–Kier alpha value is -1.78. The maximum atomic E-state index is 11.9. The zero-order valence-electron chi connectivity index (χ0n) is 11.6. The molecule has 0 aliphatic heterocycles. The van der Waals surface area contributed by atoms with Crippen LogP contribution in [0, 0.1) is 11.8 Å². The molecule has 1 aromatic heterocycles. The van der Waals surface area contributed by atoms with Crippen LogP contribution in [-0.4, -0.2) is 17.0 Å². The van der Waals surface area contributed by atoms with E-state index in [9.17, 15) is 9.59 Å². The fourth-order valence-electron chi connectivity index (χ4n) is 2.13. The van der Waals surface area contributed by atoms with Crippen molar-refractivity contribution in [3.63, 3.8) is 0 Å². The minimum absolute atomic E-state index is 0.0259. The highest BCUT2D eigenvalue weighted by Crippen LogP contribution is 2.19. The number of carboxylic acid groups (broad SMARTS) is 1. The van der Waals surface area contributed by atoms with Gasteiger partial charge in [-0.3, -0.25) is 4.79 Å². The van der Waals surface area contributed by atoms with Gasteiger partial charge in [-0.05, 0) is 18.1 Å². The first-order chi connectivity index (χ1) is 8.99. The monoisotopic (exact) mass is 267 g/mol. The number of hydrogen-bond acceptors (Lipinski definition) is 3. The number of amides is 1. The Kier molecular flexibility index (Phi) is 5.60. The van der Waals surface area contributed by atoms with Gasteiger partial charge in [-0.25, -0.2) is 4.79 Å². The average Bonchev–Trinajstić information content (AvgIpc) is 2.86. The number of furan rings is 1. The Morgan fingerprint density at radius 3 is 2.42 bits per heavy atom. The molecule has 5 heteroatoms. The van der Waals surface area contributed by atoms with E-state index in [1.165, 1.54) is 6.07 Å². The first-order valence-corrected chi connectivity index (χ1v) is 6.59. The second kappa shape index (κ2) is 6.97. The van der Waals surface area contributed by atoms with Gasteiger partial charge >= 0.3 is 5.97 Å². The van der Waals surface area contributed by atoms with E-state index < -0.39 is 5.97 Å². The molecule has 0 fully saturated rings. The SMILES string of the molecule is CCC(CC)C(C)C(=O)NCc1ccc(C(=O)O)o1. The Balaban J connectivity index is 2.51. The molecule has 0 aliphatic rings. The lowest BCUT2D eigenvalue weighted by molar-refractivity contribution is -0.126. The number of carbonyl (C=O) groups is 2. The quantitative estimate of drug-likeness (QED) is 0.796. The lowest BCUT2D eigenvalue weighted by Crippen LogP contribution is -2.32. The molecule has 0 aromatic carbocycles. The van der Waals surface area contributed by atoms with Crippen LogP contribution in [0.3, 0.4) is 0 Å². The number of hydrogen-bond donors (Lipinski definition) is 2. The summed E-state index contributed by atoms with van der Waals surface area (Å²) >= 11 is 0. The molecule has 2 N–H and O–H groups in total. The Morgan fingerprint density at radius 2 is 1.95 bits per heavy atom. The van der Waals surface area contributed by atoms with Gasteiger partial charge in [-0.15, -0.1) is 0 Å². The van der Waals surface area contributed by atoms with Crippen LogP contribution in [0.2, 0.25) is 0 Å². The first kappa shape index (κ1) is 15.3. The van der Waals surface area contributed by atoms with E-state index >= 15 is 0 Å². The highest BCUT2D eigenvalue weighted by molar-refractivity contribution is 5.84. The zero-order valence-corrected chi connectivity index (χ0v) is 11.6. The van der Waals surface area contributed by atoms with Crippen molar-refractivity contribution in [3.05, 3.63) is 23.7 Å². The molecule has 0 bridgehead atoms. The van der Waals surface area contributed by atoms with Crippen LogP contribution in [0.25, 0.3) is 0 Å². The van der Waals surface area contributed by atoms with E-state index in [1.807, 2.05) is 6.92 Å². The smallest absolute Gasteiger partial charge is 0.371 e. The molecule has 1 amide bonds. The van der Waals surface area contributed by atoms with Crippen molar-refractivity contribution < 1.29 is 19.1 Å². The summed E-state index contributed by atoms with van der Waals surface area (Å²) in [5.74, 6) is -0.486. The molecule has 19 heavy (non-hydrogen) atoms. The van der Waals surface area contributed by atoms with Crippen molar-refractivity contribution in [2.45, 2.75) is 40.2 Å². The molecule has 0 spiro atoms. The van der Waals surface area contributed by atoms with Crippen molar-refractivity contribution in [2.75, 3.05) is 0 Å². The van der Waals surface area contributed by atoms with Crippen LogP contribution in [0.4, 0.5) is 0 Å². The maximum Gasteiger partial charge on any atom is 0.371 e. The van der Waals surface area contributed by atoms with Crippen molar-refractivity contribution in [1.82, 2.24) is 5.32 Å². The van der Waals surface area contributed by atoms with Gasteiger partial charge in [0, 0.05) is 5.92 Å². The van der Waals surface area contributed by atoms with Gasteiger partial charge in [0.15, 0.2) is 0 Å². The predicted molar refractivity (Wildman–Crippen MR) is 70.8 cm³/mol. The van der Waals surface area contributed by atoms with E-state index in [2.05, 4.69) is 19.2 Å². The number of aromatic carboxylic acids is 1. The molecule has 5 nitrogen and oxygen atoms in total. The zero-order chi connectivity index (χ0) is 14.4. The van der Waals surface area contributed by atoms with Gasteiger partial charge in [0.05, 0.1) is 6.54 Å². The normalized spacial score (nSPS) is 12.4. The Labute approximate surface area is 113 Å². The summed E-state index contributed by atoms with van der Waals surface area (Å²) in [5.41, 5.74) is 0. The summed E-state index contributed by atoms with van der Waals surface area (Å²) in [5, 5.41) is 11.5. The molecular formula is C14H21NO4. The van der Waals surface area contributed by atoms with Gasteiger partial charge in [0.25, 0.3) is 0 Å². The molecule has 1 aromatic rings. The van der Waals surface area contributed by atoms with E-state index in [1.54, 1.807) is 6.07 Å². The standard InChI is InChI=1S/C14H21NO4/c1-4-10(5-2)9(3)13(16)15-8-11-6-7-12(19-11)14(17)18/h6-7,9-10H,4-5,8H2,1-3H3,(H,15,16)(H,17,18). The van der Waals surface area contributed by atoms with Gasteiger partial charge in [0.1, 0.15) is 5.76 Å². The van der Waals surface area contributed by atoms with Crippen molar-refractivity contribution in [3.8, 4) is 0 Å². The second-order valence-corrected chi connectivity index (χ2v) is 4.65. The van der Waals surface area contributed by atoms with E-state index in [0.717, 1.165) is 12.8 Å². The molecule has 1 unspecified atom stereocenters. The van der Waals surface area contributed by atoms with Crippen LogP contribution in [-0.2, 0) is 11.3 Å². The third-order valence-electron chi connectivity index (χ3n) is 3.48. The van der Waals surface area contributed by atoms with E-state index in [4.69, 9.17) is 9.52 Å². The molecule has 0 radical (unpaired) electrons. The minimum Gasteiger partial charge on any atom is -0.475 e. The highest BCUT2D eigenvalue weighted by atomic mass is 16.4. The molecule has 0 saturated heterocycles. The summed E-state index contributed by atoms with van der Waals surface area (Å²) in [7, 11) is 0. The number of carbonyl (C=O) groups excluding carboxylic acids is 1. The summed E-state index contributed by atoms with van der Waals surface area (Å²) < 4.78 is 5.07. The largest absolute Gasteiger partial charge is 0.475 e. The van der Waals surface area contributed by atoms with Gasteiger partial charge in [-0.2, -0.15) is 0 Å².